The molecule has 0 aliphatic carbocycles. The monoisotopic (exact) mass is 824 g/mol. The first-order valence-electron chi connectivity index (χ1n) is 17.4. The molecule has 4 heterocycles. The number of hydrogen-bond donors (Lipinski definition) is 0. The van der Waals surface area contributed by atoms with Gasteiger partial charge in [0.1, 0.15) is 5.58 Å². The van der Waals surface area contributed by atoms with Crippen LogP contribution in [0.3, 0.4) is 0 Å². The van der Waals surface area contributed by atoms with E-state index < -0.39 is 6.85 Å². The molecule has 10 aromatic rings. The smallest absolute Gasteiger partial charge is 0.156 e. The maximum atomic E-state index is 7.23. The van der Waals surface area contributed by atoms with Crippen LogP contribution in [0.5, 0.6) is 0 Å². The van der Waals surface area contributed by atoms with Crippen molar-refractivity contribution in [2.45, 2.75) is 6.85 Å². The Bertz CT molecular complexity index is 2890. The van der Waals surface area contributed by atoms with E-state index in [0.717, 1.165) is 83.1 Å². The zero-order chi connectivity index (χ0) is 35.2. The molecule has 5 nitrogen and oxygen atoms in total. The average molecular weight is 824 g/mol. The fourth-order valence-corrected chi connectivity index (χ4v) is 6.34. The number of fused-ring (bicyclic) bond motifs is 7. The number of imidazole rings is 1. The Morgan fingerprint density at radius 3 is 2.26 bits per heavy atom. The van der Waals surface area contributed by atoms with Crippen LogP contribution < -0.4 is 0 Å². The zero-order valence-electron chi connectivity index (χ0n) is 29.5. The van der Waals surface area contributed by atoms with Crippen LogP contribution in [0.4, 0.5) is 0 Å². The molecule has 0 saturated heterocycles. The molecule has 4 aromatic heterocycles. The first-order valence-corrected chi connectivity index (χ1v) is 15.9. The Morgan fingerprint density at radius 2 is 1.44 bits per heavy atom. The number of hydrogen-bond acceptors (Lipinski definition) is 4. The maximum absolute atomic E-state index is 7.23. The summed E-state index contributed by atoms with van der Waals surface area (Å²) in [6.07, 6.45) is 1.39. The van der Waals surface area contributed by atoms with E-state index in [-0.39, 0.29) is 25.7 Å². The number of benzene rings is 6. The second-order valence-corrected chi connectivity index (χ2v) is 11.7. The molecule has 50 heavy (non-hydrogen) atoms. The summed E-state index contributed by atoms with van der Waals surface area (Å²) in [5.74, 6) is 0.757. The summed E-state index contributed by atoms with van der Waals surface area (Å²) in [6.45, 7) is -2.09. The van der Waals surface area contributed by atoms with Crippen molar-refractivity contribution in [2.75, 3.05) is 0 Å². The molecule has 6 aromatic carbocycles. The van der Waals surface area contributed by atoms with Gasteiger partial charge in [-0.15, -0.1) is 54.1 Å². The van der Waals surface area contributed by atoms with Gasteiger partial charge < -0.3 is 14.0 Å². The third-order valence-corrected chi connectivity index (χ3v) is 8.64. The van der Waals surface area contributed by atoms with Gasteiger partial charge >= 0.3 is 0 Å². The van der Waals surface area contributed by atoms with E-state index in [1.165, 1.54) is 6.20 Å². The van der Waals surface area contributed by atoms with Crippen molar-refractivity contribution in [3.8, 4) is 28.3 Å². The fourth-order valence-electron chi connectivity index (χ4n) is 6.34. The maximum Gasteiger partial charge on any atom is 0.156 e. The van der Waals surface area contributed by atoms with Gasteiger partial charge in [0.2, 0.25) is 0 Å². The minimum atomic E-state index is -2.09. The normalized spacial score (nSPS) is 12.3. The van der Waals surface area contributed by atoms with Crippen LogP contribution in [0.1, 0.15) is 9.68 Å². The van der Waals surface area contributed by atoms with Crippen molar-refractivity contribution in [3.05, 3.63) is 169 Å². The third kappa shape index (κ3) is 5.55. The van der Waals surface area contributed by atoms with Gasteiger partial charge in [0, 0.05) is 52.3 Å². The molecule has 0 spiro atoms. The molecular formula is C44H28IrN4O-2. The van der Waals surface area contributed by atoms with E-state index in [4.69, 9.17) is 18.5 Å². The van der Waals surface area contributed by atoms with E-state index in [2.05, 4.69) is 82.3 Å². The van der Waals surface area contributed by atoms with E-state index in [1.54, 1.807) is 18.2 Å². The summed E-state index contributed by atoms with van der Waals surface area (Å²) in [7, 11) is 0. The van der Waals surface area contributed by atoms with Gasteiger partial charge in [-0.05, 0) is 47.8 Å². The number of rotatable bonds is 3. The first-order chi connectivity index (χ1) is 25.4. The standard InChI is InChI=1S/C32H18N3O.C12H10N.Ir/c1-2-11-22(12-3-1)35-31(34-28-19-21-10-5-7-16-27(21)33-32(28)35)26-15-8-14-24-25-18-17-20-9-4-6-13-23(20)29(25)36-30(24)26;1-10-7-8-12(13-9-10)11-5-3-2-4-6-11;/h1-14,16-19H;2-5,7-9H,1H3;/q2*-1;/i;1D3;. The quantitative estimate of drug-likeness (QED) is 0.167. The van der Waals surface area contributed by atoms with Gasteiger partial charge in [-0.1, -0.05) is 95.9 Å². The molecule has 0 unspecified atom stereocenters. The van der Waals surface area contributed by atoms with Gasteiger partial charge in [0.25, 0.3) is 0 Å². The Hall–Kier alpha value is -5.94. The number of pyridine rings is 2. The molecule has 0 aliphatic rings. The largest absolute Gasteiger partial charge is 0.500 e. The Balaban J connectivity index is 0.000000199. The predicted octanol–water partition coefficient (Wildman–Crippen LogP) is 10.9. The first kappa shape index (κ1) is 28.0. The molecule has 0 N–H and O–H groups in total. The molecule has 1 radical (unpaired) electrons. The van der Waals surface area contributed by atoms with Crippen molar-refractivity contribution in [1.82, 2.24) is 19.5 Å². The predicted molar refractivity (Wildman–Crippen MR) is 199 cm³/mol. The molecule has 241 valence electrons. The third-order valence-electron chi connectivity index (χ3n) is 8.64. The topological polar surface area (TPSA) is 56.7 Å². The summed E-state index contributed by atoms with van der Waals surface area (Å²) in [5.41, 5.74) is 7.90. The molecule has 0 saturated carbocycles. The molecule has 0 atom stereocenters. The van der Waals surface area contributed by atoms with Gasteiger partial charge in [-0.2, -0.15) is 0 Å². The molecular weight excluding hydrogens is 793 g/mol. The Morgan fingerprint density at radius 1 is 0.640 bits per heavy atom. The second-order valence-electron chi connectivity index (χ2n) is 11.7. The van der Waals surface area contributed by atoms with Crippen LogP contribution in [0.15, 0.2) is 156 Å². The van der Waals surface area contributed by atoms with Crippen molar-refractivity contribution in [2.24, 2.45) is 0 Å². The summed E-state index contributed by atoms with van der Waals surface area (Å²) < 4.78 is 30.4. The van der Waals surface area contributed by atoms with Gasteiger partial charge in [-0.25, -0.2) is 4.98 Å². The number of aromatic nitrogens is 4. The number of furan rings is 1. The van der Waals surface area contributed by atoms with Crippen LogP contribution in [-0.4, -0.2) is 19.5 Å². The van der Waals surface area contributed by atoms with Crippen molar-refractivity contribution in [1.29, 1.82) is 0 Å². The molecule has 0 fully saturated rings. The van der Waals surface area contributed by atoms with Crippen molar-refractivity contribution < 1.29 is 28.6 Å². The minimum Gasteiger partial charge on any atom is -0.500 e. The van der Waals surface area contributed by atoms with Gasteiger partial charge in [-0.3, -0.25) is 4.98 Å². The van der Waals surface area contributed by atoms with Crippen molar-refractivity contribution in [3.63, 3.8) is 0 Å². The summed E-state index contributed by atoms with van der Waals surface area (Å²) in [5, 5.41) is 5.45. The van der Waals surface area contributed by atoms with Crippen LogP contribution in [-0.2, 0) is 20.1 Å². The second kappa shape index (κ2) is 13.2. The van der Waals surface area contributed by atoms with Gasteiger partial charge in [0.05, 0.1) is 22.4 Å². The van der Waals surface area contributed by atoms with E-state index in [9.17, 15) is 0 Å². The molecule has 0 amide bonds. The van der Waals surface area contributed by atoms with Crippen molar-refractivity contribution >= 4 is 54.8 Å². The number of aryl methyl sites for hydroxylation is 1. The molecule has 6 heteroatoms. The zero-order valence-corrected chi connectivity index (χ0v) is 28.9. The molecule has 0 bridgehead atoms. The molecule has 0 aliphatic heterocycles. The Kier molecular flexibility index (Phi) is 7.36. The van der Waals surface area contributed by atoms with Crippen LogP contribution in [0, 0.1) is 19.0 Å². The summed E-state index contributed by atoms with van der Waals surface area (Å²) in [6, 6.07) is 54.3. The SMILES string of the molecule is [2H]C([2H])([2H])c1ccc(-c2[c-]cccc2)nc1.[Ir].[c-]1ccc2c(oc3c4ccccc4ccc23)c1-c1nc2cc3ccccc3nc2n1-c1ccccc1. The van der Waals surface area contributed by atoms with E-state index in [0.29, 0.717) is 0 Å². The fraction of sp³-hybridized carbons (Fsp3) is 0.0227. The Labute approximate surface area is 306 Å². The average Bonchev–Trinajstić information content (AvgIpc) is 3.76. The molecule has 10 rings (SSSR count). The summed E-state index contributed by atoms with van der Waals surface area (Å²) >= 11 is 0. The number of nitrogens with zero attached hydrogens (tertiary/aromatic N) is 4. The van der Waals surface area contributed by atoms with Crippen LogP contribution in [0.25, 0.3) is 83.1 Å². The van der Waals surface area contributed by atoms with Gasteiger partial charge in [0.15, 0.2) is 5.65 Å². The van der Waals surface area contributed by atoms with E-state index in [1.807, 2.05) is 66.7 Å². The van der Waals surface area contributed by atoms with Crippen LogP contribution >= 0.6 is 0 Å². The summed E-state index contributed by atoms with van der Waals surface area (Å²) in [4.78, 5) is 14.2. The minimum absolute atomic E-state index is 0. The van der Waals surface area contributed by atoms with E-state index >= 15 is 0 Å². The van der Waals surface area contributed by atoms with Crippen LogP contribution in [0.2, 0.25) is 0 Å². The number of para-hydroxylation sites is 2.